The van der Waals surface area contributed by atoms with Crippen LogP contribution in [0.2, 0.25) is 10.0 Å². The standard InChI is InChI=1S/C21H22Cl2N4O3S/c1-2-27-18-6-4-3-5-17(18)24-21(27)25-20(28)14-9-11-26(12-10-14)31(29,30)19-13-15(22)7-8-16(19)23/h3-8,13-14H,2,9-12H2,1H3,(H,24,25,28). The molecule has 7 nitrogen and oxygen atoms in total. The number of carbonyl (C=O) groups is 1. The molecule has 2 heterocycles. The van der Waals surface area contributed by atoms with Gasteiger partial charge in [0, 0.05) is 30.6 Å². The van der Waals surface area contributed by atoms with Gasteiger partial charge in [0.15, 0.2) is 0 Å². The van der Waals surface area contributed by atoms with Crippen LogP contribution in [0.3, 0.4) is 0 Å². The molecular weight excluding hydrogens is 459 g/mol. The highest BCUT2D eigenvalue weighted by molar-refractivity contribution is 7.89. The second kappa shape index (κ2) is 8.78. The summed E-state index contributed by atoms with van der Waals surface area (Å²) in [5.41, 5.74) is 1.78. The van der Waals surface area contributed by atoms with E-state index >= 15 is 0 Å². The zero-order valence-electron chi connectivity index (χ0n) is 16.9. The van der Waals surface area contributed by atoms with Crippen LogP contribution in [0.15, 0.2) is 47.4 Å². The average molecular weight is 481 g/mol. The summed E-state index contributed by atoms with van der Waals surface area (Å²) in [6.45, 7) is 3.13. The monoisotopic (exact) mass is 480 g/mol. The van der Waals surface area contributed by atoms with Crippen LogP contribution >= 0.6 is 23.2 Å². The maximum atomic E-state index is 13.0. The topological polar surface area (TPSA) is 84.3 Å². The summed E-state index contributed by atoms with van der Waals surface area (Å²) in [6, 6.07) is 12.1. The Balaban J connectivity index is 1.45. The minimum Gasteiger partial charge on any atom is -0.310 e. The van der Waals surface area contributed by atoms with Crippen LogP contribution < -0.4 is 5.32 Å². The summed E-state index contributed by atoms with van der Waals surface area (Å²) in [7, 11) is -3.78. The van der Waals surface area contributed by atoms with Gasteiger partial charge in [-0.1, -0.05) is 35.3 Å². The number of aryl methyl sites for hydroxylation is 1. The zero-order valence-corrected chi connectivity index (χ0v) is 19.2. The highest BCUT2D eigenvalue weighted by Crippen LogP contribution is 2.31. The van der Waals surface area contributed by atoms with E-state index in [1.807, 2.05) is 35.8 Å². The largest absolute Gasteiger partial charge is 0.310 e. The van der Waals surface area contributed by atoms with E-state index in [-0.39, 0.29) is 34.8 Å². The molecule has 164 valence electrons. The van der Waals surface area contributed by atoms with Gasteiger partial charge in [0.05, 0.1) is 16.1 Å². The number of halogens is 2. The van der Waals surface area contributed by atoms with Gasteiger partial charge in [-0.05, 0) is 50.1 Å². The van der Waals surface area contributed by atoms with E-state index in [9.17, 15) is 13.2 Å². The molecule has 4 rings (SSSR count). The van der Waals surface area contributed by atoms with Crippen molar-refractivity contribution in [3.05, 3.63) is 52.5 Å². The molecule has 1 amide bonds. The molecule has 31 heavy (non-hydrogen) atoms. The van der Waals surface area contributed by atoms with Crippen molar-refractivity contribution < 1.29 is 13.2 Å². The van der Waals surface area contributed by atoms with Gasteiger partial charge in [0.25, 0.3) is 0 Å². The number of amides is 1. The first-order valence-corrected chi connectivity index (χ1v) is 12.2. The Labute approximate surface area is 191 Å². The Morgan fingerprint density at radius 3 is 2.58 bits per heavy atom. The lowest BCUT2D eigenvalue weighted by atomic mass is 9.97. The van der Waals surface area contributed by atoms with Gasteiger partial charge in [-0.25, -0.2) is 13.4 Å². The van der Waals surface area contributed by atoms with Crippen molar-refractivity contribution >= 4 is 56.1 Å². The maximum Gasteiger partial charge on any atom is 0.244 e. The molecule has 0 spiro atoms. The van der Waals surface area contributed by atoms with Crippen molar-refractivity contribution in [1.82, 2.24) is 13.9 Å². The van der Waals surface area contributed by atoms with Crippen molar-refractivity contribution in [2.45, 2.75) is 31.2 Å². The van der Waals surface area contributed by atoms with Gasteiger partial charge in [-0.2, -0.15) is 4.31 Å². The number of hydrogen-bond acceptors (Lipinski definition) is 4. The first-order chi connectivity index (χ1) is 14.8. The fourth-order valence-corrected chi connectivity index (χ4v) is 6.08. The smallest absolute Gasteiger partial charge is 0.244 e. The van der Waals surface area contributed by atoms with Crippen molar-refractivity contribution in [2.75, 3.05) is 18.4 Å². The van der Waals surface area contributed by atoms with Gasteiger partial charge >= 0.3 is 0 Å². The first-order valence-electron chi connectivity index (χ1n) is 10.0. The van der Waals surface area contributed by atoms with Crippen LogP contribution in [0.4, 0.5) is 5.95 Å². The second-order valence-electron chi connectivity index (χ2n) is 7.41. The number of carbonyl (C=O) groups excluding carboxylic acids is 1. The van der Waals surface area contributed by atoms with Gasteiger partial charge in [0.1, 0.15) is 4.90 Å². The number of rotatable bonds is 5. The van der Waals surface area contributed by atoms with E-state index < -0.39 is 10.0 Å². The normalized spacial score (nSPS) is 16.0. The Morgan fingerprint density at radius 2 is 1.87 bits per heavy atom. The Hall–Kier alpha value is -2.13. The lowest BCUT2D eigenvalue weighted by Gasteiger charge is -2.30. The Kier molecular flexibility index (Phi) is 6.25. The molecule has 0 atom stereocenters. The quantitative estimate of drug-likeness (QED) is 0.586. The number of fused-ring (bicyclic) bond motifs is 1. The third-order valence-electron chi connectivity index (χ3n) is 5.54. The lowest BCUT2D eigenvalue weighted by Crippen LogP contribution is -2.41. The van der Waals surface area contributed by atoms with Crippen molar-refractivity contribution in [3.63, 3.8) is 0 Å². The van der Waals surface area contributed by atoms with E-state index in [0.29, 0.717) is 30.4 Å². The summed E-state index contributed by atoms with van der Waals surface area (Å²) in [4.78, 5) is 17.4. The van der Waals surface area contributed by atoms with E-state index in [2.05, 4.69) is 10.3 Å². The summed E-state index contributed by atoms with van der Waals surface area (Å²) in [5, 5.41) is 3.36. The highest BCUT2D eigenvalue weighted by Gasteiger charge is 2.33. The second-order valence-corrected chi connectivity index (χ2v) is 10.2. The number of imidazole rings is 1. The molecule has 1 aromatic heterocycles. The third-order valence-corrected chi connectivity index (χ3v) is 8.16. The predicted molar refractivity (Wildman–Crippen MR) is 122 cm³/mol. The van der Waals surface area contributed by atoms with Crippen LogP contribution in [0.5, 0.6) is 0 Å². The minimum atomic E-state index is -3.78. The number of benzene rings is 2. The molecule has 0 saturated carbocycles. The van der Waals surface area contributed by atoms with E-state index in [1.165, 1.54) is 16.4 Å². The molecular formula is C21H22Cl2N4O3S. The van der Waals surface area contributed by atoms with E-state index in [0.717, 1.165) is 11.0 Å². The molecule has 0 unspecified atom stereocenters. The summed E-state index contributed by atoms with van der Waals surface area (Å²) < 4.78 is 29.3. The molecule has 1 fully saturated rings. The Morgan fingerprint density at radius 1 is 1.16 bits per heavy atom. The van der Waals surface area contributed by atoms with Gasteiger partial charge in [-0.15, -0.1) is 0 Å². The maximum absolute atomic E-state index is 13.0. The fourth-order valence-electron chi connectivity index (χ4n) is 3.88. The van der Waals surface area contributed by atoms with Gasteiger partial charge in [-0.3, -0.25) is 10.1 Å². The minimum absolute atomic E-state index is 0.0127. The SMILES string of the molecule is CCn1c(NC(=O)C2CCN(S(=O)(=O)c3cc(Cl)ccc3Cl)CC2)nc2ccccc21. The molecule has 1 aliphatic heterocycles. The number of nitrogens with zero attached hydrogens (tertiary/aromatic N) is 3. The number of hydrogen-bond donors (Lipinski definition) is 1. The molecule has 2 aromatic carbocycles. The van der Waals surface area contributed by atoms with Gasteiger partial charge < -0.3 is 4.57 Å². The van der Waals surface area contributed by atoms with Crippen LogP contribution in [0.1, 0.15) is 19.8 Å². The molecule has 3 aromatic rings. The van der Waals surface area contributed by atoms with E-state index in [4.69, 9.17) is 23.2 Å². The number of sulfonamides is 1. The van der Waals surface area contributed by atoms with Crippen LogP contribution in [0, 0.1) is 5.92 Å². The van der Waals surface area contributed by atoms with E-state index in [1.54, 1.807) is 6.07 Å². The van der Waals surface area contributed by atoms with Crippen LogP contribution in [-0.2, 0) is 21.4 Å². The van der Waals surface area contributed by atoms with Crippen molar-refractivity contribution in [3.8, 4) is 0 Å². The number of para-hydroxylation sites is 2. The Bertz CT molecular complexity index is 1230. The van der Waals surface area contributed by atoms with Crippen LogP contribution in [-0.4, -0.2) is 41.3 Å². The molecule has 0 bridgehead atoms. The third kappa shape index (κ3) is 4.30. The molecule has 0 radical (unpaired) electrons. The number of aromatic nitrogens is 2. The number of anilines is 1. The van der Waals surface area contributed by atoms with Crippen molar-refractivity contribution in [2.24, 2.45) is 5.92 Å². The number of piperidine rings is 1. The summed E-state index contributed by atoms with van der Waals surface area (Å²) in [5.74, 6) is 0.0590. The average Bonchev–Trinajstić information content (AvgIpc) is 3.12. The van der Waals surface area contributed by atoms with Crippen LogP contribution in [0.25, 0.3) is 11.0 Å². The molecule has 10 heteroatoms. The highest BCUT2D eigenvalue weighted by atomic mass is 35.5. The van der Waals surface area contributed by atoms with Crippen molar-refractivity contribution in [1.29, 1.82) is 0 Å². The molecule has 1 saturated heterocycles. The zero-order chi connectivity index (χ0) is 22.2. The summed E-state index contributed by atoms with van der Waals surface area (Å²) in [6.07, 6.45) is 0.825. The fraction of sp³-hybridized carbons (Fsp3) is 0.333. The van der Waals surface area contributed by atoms with Gasteiger partial charge in [0.2, 0.25) is 21.9 Å². The molecule has 0 aliphatic carbocycles. The number of nitrogens with one attached hydrogen (secondary N) is 1. The molecule has 1 N–H and O–H groups in total. The lowest BCUT2D eigenvalue weighted by molar-refractivity contribution is -0.121. The molecule has 1 aliphatic rings. The predicted octanol–water partition coefficient (Wildman–Crippen LogP) is 4.40. The first kappa shape index (κ1) is 22.1. The summed E-state index contributed by atoms with van der Waals surface area (Å²) >= 11 is 12.0.